The van der Waals surface area contributed by atoms with Crippen molar-refractivity contribution in [2.45, 2.75) is 0 Å². The van der Waals surface area contributed by atoms with Crippen molar-refractivity contribution in [1.82, 2.24) is 10.3 Å². The predicted octanol–water partition coefficient (Wildman–Crippen LogP) is 0.321. The van der Waals surface area contributed by atoms with Crippen molar-refractivity contribution >= 4 is 37.4 Å². The first kappa shape index (κ1) is 9.31. The van der Waals surface area contributed by atoms with Crippen molar-refractivity contribution in [1.29, 1.82) is 0 Å². The molecular weight excluding hydrogens is 243 g/mol. The zero-order valence-corrected chi connectivity index (χ0v) is 9.34. The molecule has 1 aromatic heterocycles. The number of benzene rings is 1. The van der Waals surface area contributed by atoms with Crippen molar-refractivity contribution < 1.29 is 4.79 Å². The zero-order chi connectivity index (χ0) is 10.1. The molecule has 0 fully saturated rings. The van der Waals surface area contributed by atoms with E-state index in [2.05, 4.69) is 26.3 Å². The number of carbonyl (C=O) groups is 1. The Labute approximate surface area is 89.7 Å². The van der Waals surface area contributed by atoms with Gasteiger partial charge in [-0.25, -0.2) is 0 Å². The number of hydrogen-bond donors (Lipinski definition) is 2. The van der Waals surface area contributed by atoms with Crippen LogP contribution in [0.4, 0.5) is 0 Å². The van der Waals surface area contributed by atoms with Gasteiger partial charge in [0.1, 0.15) is 0 Å². The molecule has 0 atom stereocenters. The maximum atomic E-state index is 11.6. The van der Waals surface area contributed by atoms with Crippen molar-refractivity contribution in [2.24, 2.45) is 0 Å². The first-order valence-electron chi connectivity index (χ1n) is 4.24. The first-order chi connectivity index (χ1) is 6.74. The SMILES string of the molecule is CNC(=O)c1c([Se])[nH]c2ccccc12. The van der Waals surface area contributed by atoms with Gasteiger partial charge in [0.25, 0.3) is 0 Å². The number of para-hydroxylation sites is 1. The van der Waals surface area contributed by atoms with Gasteiger partial charge >= 0.3 is 89.4 Å². The van der Waals surface area contributed by atoms with Crippen LogP contribution in [-0.2, 0) is 0 Å². The molecule has 1 heterocycles. The second-order valence-electron chi connectivity index (χ2n) is 2.95. The summed E-state index contributed by atoms with van der Waals surface area (Å²) in [6, 6.07) is 7.73. The third-order valence-corrected chi connectivity index (χ3v) is 2.77. The molecule has 4 heteroatoms. The number of carbonyl (C=O) groups excluding carboxylic acids is 1. The van der Waals surface area contributed by atoms with E-state index in [1.165, 1.54) is 0 Å². The van der Waals surface area contributed by atoms with Crippen LogP contribution in [0.2, 0.25) is 0 Å². The third kappa shape index (κ3) is 1.33. The van der Waals surface area contributed by atoms with Crippen molar-refractivity contribution in [3.63, 3.8) is 0 Å². The fraction of sp³-hybridized carbons (Fsp3) is 0.100. The molecule has 0 aliphatic rings. The normalized spacial score (nSPS) is 10.4. The van der Waals surface area contributed by atoms with Gasteiger partial charge in [-0.2, -0.15) is 0 Å². The summed E-state index contributed by atoms with van der Waals surface area (Å²) < 4.78 is 0.783. The molecule has 2 N–H and O–H groups in total. The van der Waals surface area contributed by atoms with Crippen LogP contribution < -0.4 is 9.91 Å². The molecule has 3 nitrogen and oxygen atoms in total. The number of fused-ring (bicyclic) bond motifs is 1. The van der Waals surface area contributed by atoms with Gasteiger partial charge < -0.3 is 0 Å². The Hall–Kier alpha value is -1.25. The second-order valence-corrected chi connectivity index (χ2v) is 3.81. The van der Waals surface area contributed by atoms with Gasteiger partial charge in [-0.05, 0) is 0 Å². The van der Waals surface area contributed by atoms with Crippen LogP contribution in [0.5, 0.6) is 0 Å². The summed E-state index contributed by atoms with van der Waals surface area (Å²) in [6.45, 7) is 0. The van der Waals surface area contributed by atoms with Crippen molar-refractivity contribution in [3.05, 3.63) is 29.8 Å². The van der Waals surface area contributed by atoms with Crippen LogP contribution in [0, 0.1) is 0 Å². The maximum absolute atomic E-state index is 11.6. The summed E-state index contributed by atoms with van der Waals surface area (Å²) in [5.41, 5.74) is 1.66. The van der Waals surface area contributed by atoms with E-state index in [4.69, 9.17) is 0 Å². The van der Waals surface area contributed by atoms with Gasteiger partial charge in [0.2, 0.25) is 0 Å². The fourth-order valence-corrected chi connectivity index (χ4v) is 2.12. The second kappa shape index (κ2) is 3.48. The number of nitrogens with one attached hydrogen (secondary N) is 2. The average Bonchev–Trinajstić information content (AvgIpc) is 2.53. The van der Waals surface area contributed by atoms with E-state index < -0.39 is 0 Å². The van der Waals surface area contributed by atoms with Gasteiger partial charge in [-0.15, -0.1) is 0 Å². The zero-order valence-electron chi connectivity index (χ0n) is 7.63. The molecular formula is C10H9N2OSe. The summed E-state index contributed by atoms with van der Waals surface area (Å²) >= 11 is 2.86. The molecule has 0 aliphatic heterocycles. The number of hydrogen-bond acceptors (Lipinski definition) is 1. The molecule has 0 saturated carbocycles. The van der Waals surface area contributed by atoms with E-state index in [1.54, 1.807) is 7.05 Å². The summed E-state index contributed by atoms with van der Waals surface area (Å²) in [7, 11) is 1.63. The summed E-state index contributed by atoms with van der Waals surface area (Å²) in [4.78, 5) is 14.7. The number of rotatable bonds is 1. The Kier molecular flexibility index (Phi) is 2.31. The van der Waals surface area contributed by atoms with Gasteiger partial charge in [0.05, 0.1) is 0 Å². The third-order valence-electron chi connectivity index (χ3n) is 2.13. The van der Waals surface area contributed by atoms with E-state index in [1.807, 2.05) is 24.3 Å². The molecule has 0 spiro atoms. The van der Waals surface area contributed by atoms with Crippen LogP contribution in [0.25, 0.3) is 10.9 Å². The number of aromatic amines is 1. The van der Waals surface area contributed by atoms with Crippen LogP contribution in [0.3, 0.4) is 0 Å². The quantitative estimate of drug-likeness (QED) is 0.705. The van der Waals surface area contributed by atoms with E-state index in [0.29, 0.717) is 5.56 Å². The van der Waals surface area contributed by atoms with E-state index >= 15 is 0 Å². The number of H-pyrrole nitrogens is 1. The van der Waals surface area contributed by atoms with Crippen LogP contribution in [0.1, 0.15) is 10.4 Å². The monoisotopic (exact) mass is 253 g/mol. The number of amides is 1. The molecule has 1 aromatic carbocycles. The Balaban J connectivity index is 2.74. The van der Waals surface area contributed by atoms with Crippen LogP contribution in [0.15, 0.2) is 24.3 Å². The molecule has 2 aromatic rings. The molecule has 1 radical (unpaired) electrons. The van der Waals surface area contributed by atoms with E-state index in [0.717, 1.165) is 15.5 Å². The molecule has 2 rings (SSSR count). The van der Waals surface area contributed by atoms with E-state index in [9.17, 15) is 4.79 Å². The van der Waals surface area contributed by atoms with E-state index in [-0.39, 0.29) is 5.91 Å². The molecule has 0 bridgehead atoms. The summed E-state index contributed by atoms with van der Waals surface area (Å²) in [6.07, 6.45) is 0. The van der Waals surface area contributed by atoms with Crippen molar-refractivity contribution in [3.8, 4) is 0 Å². The van der Waals surface area contributed by atoms with Crippen LogP contribution in [-0.4, -0.2) is 34.0 Å². The topological polar surface area (TPSA) is 44.9 Å². The van der Waals surface area contributed by atoms with Crippen molar-refractivity contribution in [2.75, 3.05) is 7.05 Å². The molecule has 1 amide bonds. The Morgan fingerprint density at radius 1 is 1.43 bits per heavy atom. The summed E-state index contributed by atoms with van der Waals surface area (Å²) in [5, 5.41) is 3.57. The Morgan fingerprint density at radius 2 is 2.14 bits per heavy atom. The molecule has 0 unspecified atom stereocenters. The minimum absolute atomic E-state index is 0.0730. The molecule has 0 aliphatic carbocycles. The predicted molar refractivity (Wildman–Crippen MR) is 57.1 cm³/mol. The fourth-order valence-electron chi connectivity index (χ4n) is 1.47. The summed E-state index contributed by atoms with van der Waals surface area (Å²) in [5.74, 6) is -0.0730. The first-order valence-corrected chi connectivity index (χ1v) is 5.09. The standard InChI is InChI=1S/C10H9N2OSe/c1-11-9(13)8-6-4-2-3-5-7(6)12-10(8)14/h2-5,12H,1H3,(H,11,13). The Morgan fingerprint density at radius 3 is 2.86 bits per heavy atom. The molecule has 0 saturated heterocycles. The molecule has 71 valence electrons. The minimum atomic E-state index is -0.0730. The molecule has 14 heavy (non-hydrogen) atoms. The van der Waals surface area contributed by atoms with Crippen LogP contribution >= 0.6 is 0 Å². The van der Waals surface area contributed by atoms with Gasteiger partial charge in [0, 0.05) is 0 Å². The van der Waals surface area contributed by atoms with Gasteiger partial charge in [-0.1, -0.05) is 0 Å². The Bertz CT molecular complexity index is 490. The van der Waals surface area contributed by atoms with Gasteiger partial charge in [-0.3, -0.25) is 0 Å². The number of aromatic nitrogens is 1. The van der Waals surface area contributed by atoms with Gasteiger partial charge in [0.15, 0.2) is 0 Å². The average molecular weight is 252 g/mol.